The number of aryl methyl sites for hydroxylation is 1. The number of H-pyrrole nitrogens is 1. The maximum Gasteiger partial charge on any atom is 0.316 e. The van der Waals surface area contributed by atoms with Crippen molar-refractivity contribution in [2.75, 3.05) is 19.8 Å². The van der Waals surface area contributed by atoms with Crippen molar-refractivity contribution in [1.29, 1.82) is 0 Å². The lowest BCUT2D eigenvalue weighted by Gasteiger charge is -2.27. The van der Waals surface area contributed by atoms with E-state index in [9.17, 15) is 14.4 Å². The van der Waals surface area contributed by atoms with E-state index in [0.717, 1.165) is 24.2 Å². The van der Waals surface area contributed by atoms with Crippen molar-refractivity contribution in [2.45, 2.75) is 32.4 Å². The van der Waals surface area contributed by atoms with Crippen LogP contribution < -0.4 is 20.6 Å². The molecule has 1 atom stereocenters. The highest BCUT2D eigenvalue weighted by Gasteiger charge is 2.31. The Morgan fingerprint density at radius 1 is 1.10 bits per heavy atom. The van der Waals surface area contributed by atoms with Crippen molar-refractivity contribution in [3.63, 3.8) is 0 Å². The maximum absolute atomic E-state index is 13.4. The molecule has 1 aromatic heterocycles. The zero-order valence-electron chi connectivity index (χ0n) is 17.2. The average Bonchev–Trinajstić information content (AvgIpc) is 3.29. The second kappa shape index (κ2) is 7.61. The third kappa shape index (κ3) is 3.28. The van der Waals surface area contributed by atoms with Gasteiger partial charge in [-0.2, -0.15) is 0 Å². The van der Waals surface area contributed by atoms with Crippen LogP contribution in [0.3, 0.4) is 0 Å². The minimum atomic E-state index is -0.686. The van der Waals surface area contributed by atoms with Gasteiger partial charge in [0.05, 0.1) is 17.1 Å². The molecule has 8 nitrogen and oxygen atoms in total. The van der Waals surface area contributed by atoms with Gasteiger partial charge >= 0.3 is 11.1 Å². The lowest BCUT2D eigenvalue weighted by Crippen LogP contribution is -2.36. The van der Waals surface area contributed by atoms with Crippen LogP contribution in [-0.2, 0) is 6.54 Å². The van der Waals surface area contributed by atoms with Crippen molar-refractivity contribution < 1.29 is 14.3 Å². The number of fused-ring (bicyclic) bond motifs is 2. The molecule has 0 bridgehead atoms. The van der Waals surface area contributed by atoms with Gasteiger partial charge in [0.25, 0.3) is 5.91 Å². The first-order valence-corrected chi connectivity index (χ1v) is 10.5. The SMILES string of the molecule is CCn1c(=O)c(=O)[nH]c2cc(C(=O)N3CCC[C@H]3c3ccc4c(c3)OCCO4)ccc21. The molecule has 31 heavy (non-hydrogen) atoms. The van der Waals surface area contributed by atoms with Crippen LogP contribution in [0.2, 0.25) is 0 Å². The summed E-state index contributed by atoms with van der Waals surface area (Å²) >= 11 is 0. The number of aromatic nitrogens is 2. The van der Waals surface area contributed by atoms with Crippen LogP contribution in [-0.4, -0.2) is 40.1 Å². The van der Waals surface area contributed by atoms with E-state index in [1.807, 2.05) is 30.0 Å². The largest absolute Gasteiger partial charge is 0.486 e. The second-order valence-corrected chi connectivity index (χ2v) is 7.80. The van der Waals surface area contributed by atoms with E-state index < -0.39 is 11.1 Å². The summed E-state index contributed by atoms with van der Waals surface area (Å²) in [7, 11) is 0. The van der Waals surface area contributed by atoms with Crippen molar-refractivity contribution in [3.05, 3.63) is 68.2 Å². The predicted octanol–water partition coefficient (Wildman–Crippen LogP) is 2.46. The number of amides is 1. The summed E-state index contributed by atoms with van der Waals surface area (Å²) in [5.41, 5.74) is 1.31. The van der Waals surface area contributed by atoms with Crippen LogP contribution in [0.25, 0.3) is 11.0 Å². The van der Waals surface area contributed by atoms with Crippen LogP contribution in [0.5, 0.6) is 11.5 Å². The second-order valence-electron chi connectivity index (χ2n) is 7.80. The van der Waals surface area contributed by atoms with Crippen LogP contribution >= 0.6 is 0 Å². The summed E-state index contributed by atoms with van der Waals surface area (Å²) in [5, 5.41) is 0. The number of nitrogens with zero attached hydrogens (tertiary/aromatic N) is 2. The molecule has 3 heterocycles. The monoisotopic (exact) mass is 421 g/mol. The Kier molecular flexibility index (Phi) is 4.77. The van der Waals surface area contributed by atoms with Crippen molar-refractivity contribution in [1.82, 2.24) is 14.5 Å². The van der Waals surface area contributed by atoms with Gasteiger partial charge in [0, 0.05) is 18.7 Å². The lowest BCUT2D eigenvalue weighted by atomic mass is 10.0. The molecular weight excluding hydrogens is 398 g/mol. The molecule has 3 aromatic rings. The van der Waals surface area contributed by atoms with Crippen molar-refractivity contribution >= 4 is 16.9 Å². The third-order valence-corrected chi connectivity index (χ3v) is 6.00. The summed E-state index contributed by atoms with van der Waals surface area (Å²) in [6, 6.07) is 10.9. The maximum atomic E-state index is 13.4. The van der Waals surface area contributed by atoms with Crippen LogP contribution in [0.1, 0.15) is 41.7 Å². The summed E-state index contributed by atoms with van der Waals surface area (Å²) in [5.74, 6) is 1.34. The van der Waals surface area contributed by atoms with E-state index >= 15 is 0 Å². The smallest absolute Gasteiger partial charge is 0.316 e. The summed E-state index contributed by atoms with van der Waals surface area (Å²) in [6.07, 6.45) is 1.77. The van der Waals surface area contributed by atoms with Crippen molar-refractivity contribution in [2.24, 2.45) is 0 Å². The molecule has 0 saturated carbocycles. The highest BCUT2D eigenvalue weighted by molar-refractivity contribution is 5.97. The molecule has 5 rings (SSSR count). The molecule has 0 spiro atoms. The molecule has 0 unspecified atom stereocenters. The molecule has 2 aliphatic rings. The molecule has 1 fully saturated rings. The predicted molar refractivity (Wildman–Crippen MR) is 115 cm³/mol. The zero-order valence-corrected chi connectivity index (χ0v) is 17.2. The van der Waals surface area contributed by atoms with Gasteiger partial charge in [0.15, 0.2) is 11.5 Å². The summed E-state index contributed by atoms with van der Waals surface area (Å²) in [6.45, 7) is 3.89. The number of benzene rings is 2. The molecular formula is C23H23N3O5. The lowest BCUT2D eigenvalue weighted by molar-refractivity contribution is 0.0735. The fraction of sp³-hybridized carbons (Fsp3) is 0.348. The number of hydrogen-bond acceptors (Lipinski definition) is 5. The topological polar surface area (TPSA) is 93.6 Å². The number of likely N-dealkylation sites (tertiary alicyclic amines) is 1. The van der Waals surface area contributed by atoms with E-state index in [2.05, 4.69) is 4.98 Å². The zero-order chi connectivity index (χ0) is 21.5. The Labute approximate surface area is 178 Å². The minimum absolute atomic E-state index is 0.0531. The minimum Gasteiger partial charge on any atom is -0.486 e. The Morgan fingerprint density at radius 2 is 1.90 bits per heavy atom. The van der Waals surface area contributed by atoms with E-state index in [-0.39, 0.29) is 11.9 Å². The number of hydrogen-bond donors (Lipinski definition) is 1. The molecule has 160 valence electrons. The number of carbonyl (C=O) groups excluding carboxylic acids is 1. The molecule has 2 aromatic carbocycles. The number of ether oxygens (including phenoxy) is 2. The molecule has 0 radical (unpaired) electrons. The molecule has 1 saturated heterocycles. The normalized spacial score (nSPS) is 17.8. The van der Waals surface area contributed by atoms with Crippen molar-refractivity contribution in [3.8, 4) is 11.5 Å². The van der Waals surface area contributed by atoms with Crippen LogP contribution in [0, 0.1) is 0 Å². The fourth-order valence-corrected chi connectivity index (χ4v) is 4.52. The first-order chi connectivity index (χ1) is 15.1. The van der Waals surface area contributed by atoms with Gasteiger partial charge in [-0.05, 0) is 55.7 Å². The van der Waals surface area contributed by atoms with Gasteiger partial charge in [-0.15, -0.1) is 0 Å². The molecule has 1 N–H and O–H groups in total. The number of aromatic amines is 1. The van der Waals surface area contributed by atoms with Gasteiger partial charge in [0.1, 0.15) is 13.2 Å². The van der Waals surface area contributed by atoms with Crippen LogP contribution in [0.4, 0.5) is 0 Å². The van der Waals surface area contributed by atoms with Gasteiger partial charge in [-0.25, -0.2) is 0 Å². The number of nitrogens with one attached hydrogen (secondary N) is 1. The number of rotatable bonds is 3. The molecule has 0 aliphatic carbocycles. The Hall–Kier alpha value is -3.55. The summed E-state index contributed by atoms with van der Waals surface area (Å²) < 4.78 is 12.7. The Balaban J connectivity index is 1.49. The Bertz CT molecular complexity index is 1290. The first-order valence-electron chi connectivity index (χ1n) is 10.5. The molecule has 1 amide bonds. The van der Waals surface area contributed by atoms with E-state index in [1.165, 1.54) is 4.57 Å². The highest BCUT2D eigenvalue weighted by atomic mass is 16.6. The molecule has 8 heteroatoms. The van der Waals surface area contributed by atoms with Gasteiger partial charge in [0.2, 0.25) is 0 Å². The fourth-order valence-electron chi connectivity index (χ4n) is 4.52. The first kappa shape index (κ1) is 19.4. The van der Waals surface area contributed by atoms with E-state index in [4.69, 9.17) is 9.47 Å². The quantitative estimate of drug-likeness (QED) is 0.656. The summed E-state index contributed by atoms with van der Waals surface area (Å²) in [4.78, 5) is 41.9. The van der Waals surface area contributed by atoms with Crippen LogP contribution in [0.15, 0.2) is 46.0 Å². The standard InChI is InChI=1S/C23H23N3O5/c1-2-25-18-7-5-15(12-16(18)24-21(27)23(25)29)22(28)26-9-3-4-17(26)14-6-8-19-20(13-14)31-11-10-30-19/h5-8,12-13,17H,2-4,9-11H2,1H3,(H,24,27)/t17-/m0/s1. The van der Waals surface area contributed by atoms with Gasteiger partial charge in [-0.3, -0.25) is 14.4 Å². The van der Waals surface area contributed by atoms with E-state index in [1.54, 1.807) is 18.2 Å². The van der Waals surface area contributed by atoms with Gasteiger partial charge < -0.3 is 23.9 Å². The highest BCUT2D eigenvalue weighted by Crippen LogP contribution is 2.38. The van der Waals surface area contributed by atoms with Gasteiger partial charge in [-0.1, -0.05) is 6.07 Å². The average molecular weight is 421 g/mol. The number of carbonyl (C=O) groups is 1. The van der Waals surface area contributed by atoms with E-state index in [0.29, 0.717) is 48.6 Å². The Morgan fingerprint density at radius 3 is 2.71 bits per heavy atom. The third-order valence-electron chi connectivity index (χ3n) is 6.00. The molecule has 2 aliphatic heterocycles.